The summed E-state index contributed by atoms with van der Waals surface area (Å²) >= 11 is 5.86. The number of nitrogens with zero attached hydrogens (tertiary/aromatic N) is 2. The van der Waals surface area contributed by atoms with E-state index >= 15 is 0 Å². The molecule has 9 heteroatoms. The number of rotatable bonds is 5. The highest BCUT2D eigenvalue weighted by molar-refractivity contribution is 6.52. The Bertz CT molecular complexity index is 946. The molecule has 2 aromatic rings. The minimum atomic E-state index is -1.14. The van der Waals surface area contributed by atoms with Crippen molar-refractivity contribution in [2.75, 3.05) is 16.8 Å². The van der Waals surface area contributed by atoms with E-state index in [9.17, 15) is 19.2 Å². The molecule has 0 saturated heterocycles. The summed E-state index contributed by atoms with van der Waals surface area (Å²) in [6.45, 7) is 0.898. The lowest BCUT2D eigenvalue weighted by Gasteiger charge is -2.18. The molecule has 1 aliphatic heterocycles. The van der Waals surface area contributed by atoms with Gasteiger partial charge in [0.2, 0.25) is 0 Å². The number of hydrogen-bond acceptors (Lipinski definition) is 6. The van der Waals surface area contributed by atoms with Crippen LogP contribution in [0.2, 0.25) is 5.15 Å². The number of halogens is 1. The van der Waals surface area contributed by atoms with Crippen LogP contribution in [0.15, 0.2) is 42.6 Å². The number of hydrogen-bond donors (Lipinski definition) is 1. The van der Waals surface area contributed by atoms with Gasteiger partial charge in [0.15, 0.2) is 11.3 Å². The van der Waals surface area contributed by atoms with Crippen LogP contribution in [0.5, 0.6) is 0 Å². The summed E-state index contributed by atoms with van der Waals surface area (Å²) in [4.78, 5) is 53.1. The summed E-state index contributed by atoms with van der Waals surface area (Å²) in [6.07, 6.45) is 0.325. The zero-order chi connectivity index (χ0) is 19.6. The van der Waals surface area contributed by atoms with Crippen LogP contribution in [0.25, 0.3) is 0 Å². The maximum Gasteiger partial charge on any atom is 0.326 e. The molecule has 138 valence electrons. The highest BCUT2D eigenvalue weighted by Gasteiger charge is 2.37. The number of anilines is 2. The molecule has 1 aliphatic rings. The molecule has 0 spiro atoms. The molecule has 0 fully saturated rings. The number of ether oxygens (including phenoxy) is 1. The third-order valence-corrected chi connectivity index (χ3v) is 4.16. The number of para-hydroxylation sites is 1. The highest BCUT2D eigenvalue weighted by Crippen LogP contribution is 2.28. The van der Waals surface area contributed by atoms with Gasteiger partial charge in [-0.25, -0.2) is 4.98 Å². The van der Waals surface area contributed by atoms with Crippen molar-refractivity contribution in [1.29, 1.82) is 0 Å². The van der Waals surface area contributed by atoms with Crippen molar-refractivity contribution in [3.63, 3.8) is 0 Å². The first kappa shape index (κ1) is 18.5. The summed E-state index contributed by atoms with van der Waals surface area (Å²) in [7, 11) is 0. The largest absolute Gasteiger partial charge is 0.451 e. The molecule has 0 radical (unpaired) electrons. The average molecular weight is 388 g/mol. The first-order valence-corrected chi connectivity index (χ1v) is 8.32. The lowest BCUT2D eigenvalue weighted by Crippen LogP contribution is -2.38. The smallest absolute Gasteiger partial charge is 0.326 e. The molecule has 0 unspecified atom stereocenters. The van der Waals surface area contributed by atoms with E-state index in [-0.39, 0.29) is 16.4 Å². The Balaban J connectivity index is 1.62. The van der Waals surface area contributed by atoms with Crippen molar-refractivity contribution in [2.24, 2.45) is 0 Å². The van der Waals surface area contributed by atoms with Crippen molar-refractivity contribution in [1.82, 2.24) is 4.98 Å². The molecule has 2 amide bonds. The molecule has 1 aromatic heterocycles. The van der Waals surface area contributed by atoms with Crippen LogP contribution >= 0.6 is 11.6 Å². The predicted molar refractivity (Wildman–Crippen MR) is 96.6 cm³/mol. The third kappa shape index (κ3) is 3.80. The predicted octanol–water partition coefficient (Wildman–Crippen LogP) is 1.83. The molecule has 3 rings (SSSR count). The van der Waals surface area contributed by atoms with Gasteiger partial charge >= 0.3 is 5.97 Å². The van der Waals surface area contributed by atoms with Crippen molar-refractivity contribution in [2.45, 2.75) is 13.0 Å². The van der Waals surface area contributed by atoms with E-state index in [2.05, 4.69) is 10.3 Å². The second-order valence-electron chi connectivity index (χ2n) is 5.70. The molecule has 8 nitrogen and oxygen atoms in total. The molecule has 27 heavy (non-hydrogen) atoms. The Morgan fingerprint density at radius 3 is 2.70 bits per heavy atom. The summed E-state index contributed by atoms with van der Waals surface area (Å²) in [5.74, 6) is -2.93. The van der Waals surface area contributed by atoms with E-state index < -0.39 is 36.2 Å². The maximum absolute atomic E-state index is 12.1. The quantitative estimate of drug-likeness (QED) is 0.476. The Hall–Kier alpha value is -3.26. The minimum Gasteiger partial charge on any atom is -0.451 e. The monoisotopic (exact) mass is 387 g/mol. The first-order chi connectivity index (χ1) is 12.9. The van der Waals surface area contributed by atoms with Gasteiger partial charge in [0.05, 0.1) is 16.9 Å². The standard InChI is InChI=1S/C18H14ClN3O5/c1-10(17(25)21-12-6-4-8-20-16(12)19)27-14(23)9-22-13-7-3-2-5-11(13)15(24)18(22)26/h2-8,10H,9H2,1H3,(H,21,25)/t10-/m0/s1. The Labute approximate surface area is 159 Å². The molecular formula is C18H14ClN3O5. The number of aromatic nitrogens is 1. The van der Waals surface area contributed by atoms with E-state index in [4.69, 9.17) is 16.3 Å². The molecule has 1 aromatic carbocycles. The Morgan fingerprint density at radius 1 is 1.22 bits per heavy atom. The maximum atomic E-state index is 12.1. The van der Waals surface area contributed by atoms with Crippen molar-refractivity contribution < 1.29 is 23.9 Å². The number of benzene rings is 1. The SMILES string of the molecule is C[C@H](OC(=O)CN1C(=O)C(=O)c2ccccc21)C(=O)Nc1cccnc1Cl. The van der Waals surface area contributed by atoms with Crippen LogP contribution in [0.4, 0.5) is 11.4 Å². The van der Waals surface area contributed by atoms with Crippen LogP contribution in [-0.2, 0) is 19.1 Å². The van der Waals surface area contributed by atoms with Gasteiger partial charge in [-0.2, -0.15) is 0 Å². The van der Waals surface area contributed by atoms with Gasteiger partial charge in [0, 0.05) is 6.20 Å². The van der Waals surface area contributed by atoms with E-state index in [1.165, 1.54) is 19.2 Å². The van der Waals surface area contributed by atoms with Gasteiger partial charge in [-0.3, -0.25) is 24.1 Å². The molecule has 2 heterocycles. The number of fused-ring (bicyclic) bond motifs is 1. The van der Waals surface area contributed by atoms with Gasteiger partial charge in [-0.15, -0.1) is 0 Å². The van der Waals surface area contributed by atoms with Crippen LogP contribution in [-0.4, -0.2) is 41.2 Å². The molecule has 1 N–H and O–H groups in total. The van der Waals surface area contributed by atoms with Gasteiger partial charge in [-0.05, 0) is 31.2 Å². The van der Waals surface area contributed by atoms with Gasteiger partial charge in [0.25, 0.3) is 17.6 Å². The van der Waals surface area contributed by atoms with Gasteiger partial charge in [-0.1, -0.05) is 23.7 Å². The first-order valence-electron chi connectivity index (χ1n) is 7.94. The fourth-order valence-corrected chi connectivity index (χ4v) is 2.70. The van der Waals surface area contributed by atoms with Crippen LogP contribution < -0.4 is 10.2 Å². The van der Waals surface area contributed by atoms with Crippen molar-refractivity contribution >= 4 is 46.5 Å². The van der Waals surface area contributed by atoms with Crippen LogP contribution in [0.3, 0.4) is 0 Å². The zero-order valence-corrected chi connectivity index (χ0v) is 14.9. The van der Waals surface area contributed by atoms with E-state index in [0.717, 1.165) is 4.90 Å². The third-order valence-electron chi connectivity index (χ3n) is 3.86. The number of carbonyl (C=O) groups is 4. The fraction of sp³-hybridized carbons (Fsp3) is 0.167. The molecule has 1 atom stereocenters. The number of nitrogens with one attached hydrogen (secondary N) is 1. The molecule has 0 saturated carbocycles. The molecule has 0 bridgehead atoms. The molecule has 0 aliphatic carbocycles. The zero-order valence-electron chi connectivity index (χ0n) is 14.1. The van der Waals surface area contributed by atoms with Gasteiger partial charge < -0.3 is 10.1 Å². The average Bonchev–Trinajstić information content (AvgIpc) is 2.89. The normalized spacial score (nSPS) is 13.9. The van der Waals surface area contributed by atoms with Crippen molar-refractivity contribution in [3.05, 3.63) is 53.3 Å². The van der Waals surface area contributed by atoms with Crippen LogP contribution in [0.1, 0.15) is 17.3 Å². The number of ketones is 1. The second kappa shape index (κ2) is 7.55. The number of amides is 2. The van der Waals surface area contributed by atoms with Crippen molar-refractivity contribution in [3.8, 4) is 0 Å². The lowest BCUT2D eigenvalue weighted by molar-refractivity contribution is -0.152. The minimum absolute atomic E-state index is 0.0992. The van der Waals surface area contributed by atoms with E-state index in [0.29, 0.717) is 5.69 Å². The summed E-state index contributed by atoms with van der Waals surface area (Å²) < 4.78 is 5.07. The van der Waals surface area contributed by atoms with E-state index in [1.54, 1.807) is 30.3 Å². The number of esters is 1. The topological polar surface area (TPSA) is 106 Å². The molecular weight excluding hydrogens is 374 g/mol. The summed E-state index contributed by atoms with van der Waals surface area (Å²) in [5.41, 5.74) is 0.845. The second-order valence-corrected chi connectivity index (χ2v) is 6.06. The van der Waals surface area contributed by atoms with Crippen LogP contribution in [0, 0.1) is 0 Å². The fourth-order valence-electron chi connectivity index (χ4n) is 2.54. The summed E-state index contributed by atoms with van der Waals surface area (Å²) in [5, 5.41) is 2.59. The summed E-state index contributed by atoms with van der Waals surface area (Å²) in [6, 6.07) is 9.48. The van der Waals surface area contributed by atoms with E-state index in [1.807, 2.05) is 0 Å². The number of carbonyl (C=O) groups excluding carboxylic acids is 4. The Kier molecular flexibility index (Phi) is 5.18. The lowest BCUT2D eigenvalue weighted by atomic mass is 10.1. The van der Waals surface area contributed by atoms with Gasteiger partial charge in [0.1, 0.15) is 6.54 Å². The number of Topliss-reactive ketones (excluding diaryl/α,β-unsaturated/α-hetero) is 1. The Morgan fingerprint density at radius 2 is 1.96 bits per heavy atom. The number of pyridine rings is 1. The highest BCUT2D eigenvalue weighted by atomic mass is 35.5.